The number of hydrogen-bond acceptors (Lipinski definition) is 11. The van der Waals surface area contributed by atoms with E-state index in [9.17, 15) is 28.8 Å². The molecule has 3 atom stereocenters. The third-order valence-electron chi connectivity index (χ3n) is 4.29. The Labute approximate surface area is 227 Å². The van der Waals surface area contributed by atoms with Gasteiger partial charge in [0.15, 0.2) is 0 Å². The van der Waals surface area contributed by atoms with Gasteiger partial charge in [-0.05, 0) is 20.3 Å². The Bertz CT molecular complexity index is 697. The molecule has 2 rings (SSSR count). The van der Waals surface area contributed by atoms with E-state index in [2.05, 4.69) is 5.73 Å². The predicted molar refractivity (Wildman–Crippen MR) is 139 cm³/mol. The number of carbonyl (C=O) groups is 6. The molecule has 3 unspecified atom stereocenters. The number of amides is 4. The Morgan fingerprint density at radius 3 is 1.39 bits per heavy atom. The van der Waals surface area contributed by atoms with E-state index in [0.29, 0.717) is 12.4 Å². The number of rotatable bonds is 8. The van der Waals surface area contributed by atoms with Gasteiger partial charge >= 0.3 is 0 Å². The minimum Gasteiger partial charge on any atom is -0.392 e. The number of hydrogen-bond donors (Lipinski definition) is 7. The molecule has 0 aromatic rings. The topological polar surface area (TPSA) is 274 Å². The summed E-state index contributed by atoms with van der Waals surface area (Å²) < 4.78 is 0. The lowest BCUT2D eigenvalue weighted by Gasteiger charge is -2.12. The highest BCUT2D eigenvalue weighted by Gasteiger charge is 2.29. The van der Waals surface area contributed by atoms with Crippen molar-refractivity contribution in [2.45, 2.75) is 58.3 Å². The van der Waals surface area contributed by atoms with Gasteiger partial charge in [-0.25, -0.2) is 0 Å². The first kappa shape index (κ1) is 39.8. The van der Waals surface area contributed by atoms with Gasteiger partial charge in [0.05, 0.1) is 57.3 Å². The van der Waals surface area contributed by atoms with Crippen LogP contribution < -0.4 is 22.9 Å². The number of alkyl halides is 1. The summed E-state index contributed by atoms with van der Waals surface area (Å²) in [6.45, 7) is 5.47. The number of nitrogens with two attached hydrogens (primary N) is 4. The fourth-order valence-corrected chi connectivity index (χ4v) is 2.59. The SMILES string of the molecule is CC(=O)CN.CC(=O)CN1CC(O)CC1=O.CCC(O)CCl.NC(=O)CN1CC(O)CC1=O.NCC(N)=O. The summed E-state index contributed by atoms with van der Waals surface area (Å²) in [7, 11) is 0. The number of primary amides is 2. The lowest BCUT2D eigenvalue weighted by atomic mass is 10.3. The molecule has 11 N–H and O–H groups in total. The predicted octanol–water partition coefficient (Wildman–Crippen LogP) is -3.81. The molecule has 0 radical (unpaired) electrons. The number of likely N-dealkylation sites (tertiary alicyclic amines) is 2. The molecule has 0 aromatic carbocycles. The van der Waals surface area contributed by atoms with Crippen LogP contribution in [0.3, 0.4) is 0 Å². The summed E-state index contributed by atoms with van der Waals surface area (Å²) in [4.78, 5) is 64.5. The van der Waals surface area contributed by atoms with Gasteiger partial charge in [-0.2, -0.15) is 0 Å². The highest BCUT2D eigenvalue weighted by Crippen LogP contribution is 2.10. The van der Waals surface area contributed by atoms with E-state index in [0.717, 1.165) is 6.42 Å². The zero-order chi connectivity index (χ0) is 30.4. The Morgan fingerprint density at radius 1 is 0.868 bits per heavy atom. The van der Waals surface area contributed by atoms with Crippen molar-refractivity contribution in [3.8, 4) is 0 Å². The second kappa shape index (κ2) is 23.4. The summed E-state index contributed by atoms with van der Waals surface area (Å²) in [5.74, 6) is -1.02. The number of Topliss-reactive ketones (excluding diaryl/α,β-unsaturated/α-hetero) is 2. The van der Waals surface area contributed by atoms with Gasteiger partial charge in [0.2, 0.25) is 23.6 Å². The molecular formula is C22H43ClN6O9. The lowest BCUT2D eigenvalue weighted by molar-refractivity contribution is -0.132. The monoisotopic (exact) mass is 570 g/mol. The molecule has 16 heteroatoms. The van der Waals surface area contributed by atoms with Gasteiger partial charge in [0, 0.05) is 19.0 Å². The van der Waals surface area contributed by atoms with Crippen LogP contribution in [0.25, 0.3) is 0 Å². The first-order chi connectivity index (χ1) is 17.5. The Hall–Kier alpha value is -2.69. The van der Waals surface area contributed by atoms with E-state index in [1.165, 1.54) is 23.6 Å². The zero-order valence-electron chi connectivity index (χ0n) is 22.2. The number of halogens is 1. The van der Waals surface area contributed by atoms with Crippen LogP contribution in [-0.4, -0.2) is 124 Å². The van der Waals surface area contributed by atoms with Crippen LogP contribution in [0.1, 0.15) is 40.0 Å². The van der Waals surface area contributed by atoms with Crippen molar-refractivity contribution in [2.24, 2.45) is 22.9 Å². The van der Waals surface area contributed by atoms with Crippen molar-refractivity contribution in [2.75, 3.05) is 45.1 Å². The maximum absolute atomic E-state index is 10.9. The van der Waals surface area contributed by atoms with E-state index in [4.69, 9.17) is 44.1 Å². The molecule has 0 saturated carbocycles. The number of ketones is 2. The van der Waals surface area contributed by atoms with Crippen molar-refractivity contribution in [3.05, 3.63) is 0 Å². The summed E-state index contributed by atoms with van der Waals surface area (Å²) in [6, 6.07) is 0. The summed E-state index contributed by atoms with van der Waals surface area (Å²) in [5.41, 5.74) is 18.9. The molecule has 38 heavy (non-hydrogen) atoms. The minimum absolute atomic E-state index is 0.0324. The van der Waals surface area contributed by atoms with Gasteiger partial charge < -0.3 is 48.1 Å². The van der Waals surface area contributed by atoms with Crippen LogP contribution in [0, 0.1) is 0 Å². The third kappa shape index (κ3) is 25.0. The van der Waals surface area contributed by atoms with E-state index in [-0.39, 0.29) is 75.1 Å². The molecule has 15 nitrogen and oxygen atoms in total. The fraction of sp³-hybridized carbons (Fsp3) is 0.727. The van der Waals surface area contributed by atoms with Crippen molar-refractivity contribution < 1.29 is 44.1 Å². The van der Waals surface area contributed by atoms with Crippen LogP contribution in [0.15, 0.2) is 0 Å². The third-order valence-corrected chi connectivity index (χ3v) is 4.64. The van der Waals surface area contributed by atoms with Crippen molar-refractivity contribution in [1.29, 1.82) is 0 Å². The number of aliphatic hydroxyl groups excluding tert-OH is 3. The first-order valence-corrected chi connectivity index (χ1v) is 12.2. The smallest absolute Gasteiger partial charge is 0.237 e. The fourth-order valence-electron chi connectivity index (χ4n) is 2.37. The highest BCUT2D eigenvalue weighted by molar-refractivity contribution is 6.18. The quantitative estimate of drug-likeness (QED) is 0.139. The molecule has 222 valence electrons. The van der Waals surface area contributed by atoms with Gasteiger partial charge in [-0.1, -0.05) is 6.92 Å². The lowest BCUT2D eigenvalue weighted by Crippen LogP contribution is -2.35. The van der Waals surface area contributed by atoms with E-state index < -0.39 is 24.0 Å². The first-order valence-electron chi connectivity index (χ1n) is 11.7. The molecule has 2 saturated heterocycles. The largest absolute Gasteiger partial charge is 0.392 e. The molecule has 0 aliphatic carbocycles. The second-order valence-corrected chi connectivity index (χ2v) is 8.53. The zero-order valence-corrected chi connectivity index (χ0v) is 22.9. The minimum atomic E-state index is -0.637. The Kier molecular flexibility index (Phi) is 24.5. The Balaban J connectivity index is -0.000000425. The molecule has 0 bridgehead atoms. The van der Waals surface area contributed by atoms with E-state index in [1.807, 2.05) is 6.92 Å². The normalized spacial score (nSPS) is 18.3. The molecule has 0 spiro atoms. The van der Waals surface area contributed by atoms with Crippen LogP contribution >= 0.6 is 11.6 Å². The van der Waals surface area contributed by atoms with Crippen molar-refractivity contribution in [1.82, 2.24) is 9.80 Å². The highest BCUT2D eigenvalue weighted by atomic mass is 35.5. The number of aliphatic hydroxyl groups is 3. The van der Waals surface area contributed by atoms with Gasteiger partial charge in [-0.3, -0.25) is 28.8 Å². The molecule has 2 aliphatic rings. The van der Waals surface area contributed by atoms with Gasteiger partial charge in [-0.15, -0.1) is 11.6 Å². The van der Waals surface area contributed by atoms with Gasteiger partial charge in [0.1, 0.15) is 11.6 Å². The van der Waals surface area contributed by atoms with Crippen LogP contribution in [0.4, 0.5) is 0 Å². The van der Waals surface area contributed by atoms with Crippen LogP contribution in [0.2, 0.25) is 0 Å². The molecular weight excluding hydrogens is 528 g/mol. The maximum atomic E-state index is 10.9. The molecule has 2 heterocycles. The Morgan fingerprint density at radius 2 is 1.24 bits per heavy atom. The maximum Gasteiger partial charge on any atom is 0.237 e. The van der Waals surface area contributed by atoms with Gasteiger partial charge in [0.25, 0.3) is 0 Å². The van der Waals surface area contributed by atoms with E-state index >= 15 is 0 Å². The number of carbonyl (C=O) groups excluding carboxylic acids is 6. The molecule has 2 fully saturated rings. The van der Waals surface area contributed by atoms with Crippen molar-refractivity contribution >= 4 is 46.8 Å². The van der Waals surface area contributed by atoms with E-state index in [1.54, 1.807) is 0 Å². The second-order valence-electron chi connectivity index (χ2n) is 8.23. The summed E-state index contributed by atoms with van der Waals surface area (Å²) >= 11 is 5.20. The summed E-state index contributed by atoms with van der Waals surface area (Å²) in [6.07, 6.45) is -0.500. The molecule has 0 aromatic heterocycles. The molecule has 2 aliphatic heterocycles. The standard InChI is InChI=1S/C7H11NO3.C6H10N2O3.C4H9ClO.C3H7NO.C2H6N2O/c1-5(9)3-8-4-6(10)2-7(8)11;7-5(10)3-8-2-4(9)1-6(8)11;1-2-4(6)3-5;1-3(5)2-4;3-1-2(4)5/h6,10H,2-4H2,1H3;4,9H,1-3H2,(H2,7,10);4,6H,2-3H2,1H3;2,4H2,1H3;1,3H2,(H2,4,5). The van der Waals surface area contributed by atoms with Crippen LogP contribution in [-0.2, 0) is 28.8 Å². The summed E-state index contributed by atoms with van der Waals surface area (Å²) in [5, 5.41) is 26.5. The molecule has 4 amide bonds. The number of β-amino-alcohol motifs (C(OH)–C–C–N with tert-alkyl or cyclic N) is 2. The van der Waals surface area contributed by atoms with Crippen LogP contribution in [0.5, 0.6) is 0 Å². The average Bonchev–Trinajstić information content (AvgIpc) is 3.31. The average molecular weight is 571 g/mol. The van der Waals surface area contributed by atoms with Crippen molar-refractivity contribution in [3.63, 3.8) is 0 Å². The number of nitrogens with zero attached hydrogens (tertiary/aromatic N) is 2.